The summed E-state index contributed by atoms with van der Waals surface area (Å²) in [4.78, 5) is 11.7. The summed E-state index contributed by atoms with van der Waals surface area (Å²) in [6.45, 7) is 2.58. The van der Waals surface area contributed by atoms with E-state index in [0.29, 0.717) is 12.1 Å². The van der Waals surface area contributed by atoms with E-state index in [-0.39, 0.29) is 10.8 Å². The monoisotopic (exact) mass is 241 g/mol. The van der Waals surface area contributed by atoms with Gasteiger partial charge in [0.15, 0.2) is 9.84 Å². The molecule has 0 bridgehead atoms. The normalized spacial score (nSPS) is 11.1. The molecule has 0 heterocycles. The van der Waals surface area contributed by atoms with Crippen molar-refractivity contribution in [1.82, 2.24) is 5.32 Å². The van der Waals surface area contributed by atoms with Crippen LogP contribution in [0.5, 0.6) is 0 Å². The average Bonchev–Trinajstić information content (AvgIpc) is 2.25. The zero-order valence-electron chi connectivity index (χ0n) is 9.36. The molecule has 0 atom stereocenters. The zero-order valence-corrected chi connectivity index (χ0v) is 10.2. The second kappa shape index (κ2) is 5.12. The van der Waals surface area contributed by atoms with Crippen LogP contribution in [0.15, 0.2) is 29.2 Å². The number of amides is 1. The van der Waals surface area contributed by atoms with Gasteiger partial charge in [0.25, 0.3) is 5.91 Å². The van der Waals surface area contributed by atoms with E-state index in [1.807, 2.05) is 6.92 Å². The van der Waals surface area contributed by atoms with Crippen LogP contribution in [0, 0.1) is 0 Å². The van der Waals surface area contributed by atoms with Crippen LogP contribution in [0.25, 0.3) is 0 Å². The average molecular weight is 241 g/mol. The predicted octanol–water partition coefficient (Wildman–Crippen LogP) is 1.23. The Kier molecular flexibility index (Phi) is 4.06. The highest BCUT2D eigenvalue weighted by Crippen LogP contribution is 2.10. The van der Waals surface area contributed by atoms with Crippen molar-refractivity contribution in [3.8, 4) is 0 Å². The first-order chi connectivity index (χ1) is 7.45. The van der Waals surface area contributed by atoms with Crippen molar-refractivity contribution < 1.29 is 13.2 Å². The first-order valence-electron chi connectivity index (χ1n) is 5.03. The number of rotatable bonds is 4. The Morgan fingerprint density at radius 1 is 1.25 bits per heavy atom. The Morgan fingerprint density at radius 2 is 1.81 bits per heavy atom. The van der Waals surface area contributed by atoms with E-state index in [4.69, 9.17) is 0 Å². The summed E-state index contributed by atoms with van der Waals surface area (Å²) in [6.07, 6.45) is 2.01. The van der Waals surface area contributed by atoms with E-state index in [1.54, 1.807) is 0 Å². The standard InChI is InChI=1S/C11H15NO3S/c1-3-8-12-11(13)9-4-6-10(7-5-9)16(2,14)15/h4-7H,3,8H2,1-2H3,(H,12,13). The van der Waals surface area contributed by atoms with Crippen molar-refractivity contribution in [2.75, 3.05) is 12.8 Å². The van der Waals surface area contributed by atoms with Gasteiger partial charge in [-0.25, -0.2) is 8.42 Å². The Hall–Kier alpha value is -1.36. The highest BCUT2D eigenvalue weighted by atomic mass is 32.2. The molecule has 0 saturated heterocycles. The smallest absolute Gasteiger partial charge is 0.251 e. The van der Waals surface area contributed by atoms with Crippen LogP contribution in [-0.2, 0) is 9.84 Å². The second-order valence-corrected chi connectivity index (χ2v) is 5.57. The van der Waals surface area contributed by atoms with Gasteiger partial charge in [0.2, 0.25) is 0 Å². The largest absolute Gasteiger partial charge is 0.352 e. The lowest BCUT2D eigenvalue weighted by molar-refractivity contribution is 0.0953. The van der Waals surface area contributed by atoms with E-state index >= 15 is 0 Å². The maximum Gasteiger partial charge on any atom is 0.251 e. The Morgan fingerprint density at radius 3 is 2.25 bits per heavy atom. The lowest BCUT2D eigenvalue weighted by Gasteiger charge is -2.04. The maximum absolute atomic E-state index is 11.5. The van der Waals surface area contributed by atoms with Gasteiger partial charge in [0.05, 0.1) is 4.90 Å². The molecule has 0 spiro atoms. The molecular weight excluding hydrogens is 226 g/mol. The number of carbonyl (C=O) groups excluding carboxylic acids is 1. The predicted molar refractivity (Wildman–Crippen MR) is 62.2 cm³/mol. The fourth-order valence-electron chi connectivity index (χ4n) is 1.19. The molecule has 0 aliphatic heterocycles. The molecule has 0 aliphatic rings. The van der Waals surface area contributed by atoms with Crippen molar-refractivity contribution in [1.29, 1.82) is 0 Å². The number of hydrogen-bond donors (Lipinski definition) is 1. The fraction of sp³-hybridized carbons (Fsp3) is 0.364. The molecular formula is C11H15NO3S. The van der Waals surface area contributed by atoms with E-state index < -0.39 is 9.84 Å². The number of carbonyl (C=O) groups is 1. The topological polar surface area (TPSA) is 63.2 Å². The molecule has 16 heavy (non-hydrogen) atoms. The molecule has 1 amide bonds. The van der Waals surface area contributed by atoms with Gasteiger partial charge in [-0.15, -0.1) is 0 Å². The van der Waals surface area contributed by atoms with Crippen LogP contribution in [0.2, 0.25) is 0 Å². The number of hydrogen-bond acceptors (Lipinski definition) is 3. The summed E-state index contributed by atoms with van der Waals surface area (Å²) in [7, 11) is -3.19. The lowest BCUT2D eigenvalue weighted by atomic mass is 10.2. The molecule has 0 aliphatic carbocycles. The molecule has 1 aromatic carbocycles. The highest BCUT2D eigenvalue weighted by molar-refractivity contribution is 7.90. The molecule has 1 N–H and O–H groups in total. The van der Waals surface area contributed by atoms with E-state index in [1.165, 1.54) is 24.3 Å². The van der Waals surface area contributed by atoms with Crippen molar-refractivity contribution in [3.63, 3.8) is 0 Å². The molecule has 4 nitrogen and oxygen atoms in total. The molecule has 1 rings (SSSR count). The summed E-state index contributed by atoms with van der Waals surface area (Å²) in [5.74, 6) is -0.179. The Labute approximate surface area is 95.6 Å². The van der Waals surface area contributed by atoms with Crippen LogP contribution in [0.4, 0.5) is 0 Å². The quantitative estimate of drug-likeness (QED) is 0.862. The maximum atomic E-state index is 11.5. The first kappa shape index (κ1) is 12.7. The lowest BCUT2D eigenvalue weighted by Crippen LogP contribution is -2.23. The Bertz CT molecular complexity index is 463. The minimum Gasteiger partial charge on any atom is -0.352 e. The van der Waals surface area contributed by atoms with E-state index in [0.717, 1.165) is 12.7 Å². The highest BCUT2D eigenvalue weighted by Gasteiger charge is 2.08. The van der Waals surface area contributed by atoms with E-state index in [2.05, 4.69) is 5.32 Å². The second-order valence-electron chi connectivity index (χ2n) is 3.55. The molecule has 0 saturated carbocycles. The van der Waals surface area contributed by atoms with Gasteiger partial charge in [-0.05, 0) is 30.7 Å². The number of sulfone groups is 1. The SMILES string of the molecule is CCCNC(=O)c1ccc(S(C)(=O)=O)cc1. The Balaban J connectivity index is 2.83. The first-order valence-corrected chi connectivity index (χ1v) is 6.92. The fourth-order valence-corrected chi connectivity index (χ4v) is 1.82. The molecule has 0 radical (unpaired) electrons. The molecule has 0 aromatic heterocycles. The van der Waals surface area contributed by atoms with Crippen LogP contribution in [0.1, 0.15) is 23.7 Å². The van der Waals surface area contributed by atoms with Crippen LogP contribution in [-0.4, -0.2) is 27.1 Å². The number of benzene rings is 1. The van der Waals surface area contributed by atoms with Gasteiger partial charge in [0, 0.05) is 18.4 Å². The van der Waals surface area contributed by atoms with E-state index in [9.17, 15) is 13.2 Å². The van der Waals surface area contributed by atoms with Gasteiger partial charge >= 0.3 is 0 Å². The van der Waals surface area contributed by atoms with Crippen molar-refractivity contribution in [2.24, 2.45) is 0 Å². The van der Waals surface area contributed by atoms with Gasteiger partial charge in [-0.2, -0.15) is 0 Å². The third-order valence-electron chi connectivity index (χ3n) is 2.08. The number of nitrogens with one attached hydrogen (secondary N) is 1. The molecule has 0 unspecified atom stereocenters. The minimum atomic E-state index is -3.19. The summed E-state index contributed by atoms with van der Waals surface area (Å²) in [6, 6.07) is 5.91. The summed E-state index contributed by atoms with van der Waals surface area (Å²) in [5, 5.41) is 2.72. The molecule has 5 heteroatoms. The van der Waals surface area contributed by atoms with Gasteiger partial charge in [-0.1, -0.05) is 6.92 Å². The van der Waals surface area contributed by atoms with Crippen LogP contribution in [0.3, 0.4) is 0 Å². The van der Waals surface area contributed by atoms with Gasteiger partial charge in [-0.3, -0.25) is 4.79 Å². The van der Waals surface area contributed by atoms with Gasteiger partial charge in [0.1, 0.15) is 0 Å². The van der Waals surface area contributed by atoms with Crippen molar-refractivity contribution in [3.05, 3.63) is 29.8 Å². The zero-order chi connectivity index (χ0) is 12.2. The molecule has 0 fully saturated rings. The summed E-state index contributed by atoms with van der Waals surface area (Å²) >= 11 is 0. The molecule has 88 valence electrons. The third-order valence-corrected chi connectivity index (χ3v) is 3.21. The van der Waals surface area contributed by atoms with Crippen molar-refractivity contribution in [2.45, 2.75) is 18.2 Å². The molecule has 1 aromatic rings. The minimum absolute atomic E-state index is 0.179. The summed E-state index contributed by atoms with van der Waals surface area (Å²) < 4.78 is 22.4. The van der Waals surface area contributed by atoms with Crippen molar-refractivity contribution >= 4 is 15.7 Å². The van der Waals surface area contributed by atoms with Crippen LogP contribution < -0.4 is 5.32 Å². The summed E-state index contributed by atoms with van der Waals surface area (Å²) in [5.41, 5.74) is 0.473. The van der Waals surface area contributed by atoms with Gasteiger partial charge < -0.3 is 5.32 Å². The third kappa shape index (κ3) is 3.34. The van der Waals surface area contributed by atoms with Crippen LogP contribution >= 0.6 is 0 Å².